The maximum Gasteiger partial charge on any atom is 0.416 e. The number of alkyl halides is 3. The van der Waals surface area contributed by atoms with Crippen LogP contribution in [0.1, 0.15) is 17.5 Å². The highest BCUT2D eigenvalue weighted by Crippen LogP contribution is 2.31. The van der Waals surface area contributed by atoms with Crippen LogP contribution in [0.4, 0.5) is 18.9 Å². The van der Waals surface area contributed by atoms with E-state index in [2.05, 4.69) is 10.3 Å². The lowest BCUT2D eigenvalue weighted by Crippen LogP contribution is -2.04. The quantitative estimate of drug-likeness (QED) is 0.261. The number of benzene rings is 3. The van der Waals surface area contributed by atoms with Gasteiger partial charge in [0.15, 0.2) is 0 Å². The van der Waals surface area contributed by atoms with E-state index in [4.69, 9.17) is 9.47 Å². The van der Waals surface area contributed by atoms with Crippen LogP contribution in [0.2, 0.25) is 0 Å². The number of ether oxygens (including phenoxy) is 2. The molecule has 0 saturated heterocycles. The van der Waals surface area contributed by atoms with Crippen LogP contribution >= 0.6 is 0 Å². The van der Waals surface area contributed by atoms with Gasteiger partial charge in [-0.2, -0.15) is 13.2 Å². The Morgan fingerprint density at radius 2 is 1.47 bits per heavy atom. The summed E-state index contributed by atoms with van der Waals surface area (Å²) in [6, 6.07) is 19.8. The standard InChI is InChI=1S/C26H24F3N3O2/c27-26(28,29)21-4-10-24(11-5-21)34-25-12-6-22(7-13-25)31-18-20-2-8-23(9-3-20)33-17-1-15-32-16-14-30-19-32/h2-14,16,19,31H,1,15,17-18H2. The van der Waals surface area contributed by atoms with Crippen molar-refractivity contribution in [1.82, 2.24) is 9.55 Å². The van der Waals surface area contributed by atoms with Crippen LogP contribution in [-0.2, 0) is 19.3 Å². The molecule has 0 atom stereocenters. The van der Waals surface area contributed by atoms with Gasteiger partial charge < -0.3 is 19.4 Å². The van der Waals surface area contributed by atoms with Crippen LogP contribution in [-0.4, -0.2) is 16.2 Å². The summed E-state index contributed by atoms with van der Waals surface area (Å²) in [6.07, 6.45) is 2.03. The van der Waals surface area contributed by atoms with Gasteiger partial charge in [0, 0.05) is 31.2 Å². The predicted octanol–water partition coefficient (Wildman–Crippen LogP) is 6.78. The van der Waals surface area contributed by atoms with Gasteiger partial charge in [0.05, 0.1) is 18.5 Å². The Balaban J connectivity index is 1.20. The molecule has 1 heterocycles. The maximum absolute atomic E-state index is 12.7. The number of aromatic nitrogens is 2. The number of nitrogens with one attached hydrogen (secondary N) is 1. The molecule has 3 aromatic carbocycles. The smallest absolute Gasteiger partial charge is 0.416 e. The molecule has 0 bridgehead atoms. The Labute approximate surface area is 195 Å². The molecular formula is C26H24F3N3O2. The van der Waals surface area contributed by atoms with Crippen LogP contribution in [0.15, 0.2) is 91.5 Å². The third-order valence-corrected chi connectivity index (χ3v) is 5.08. The lowest BCUT2D eigenvalue weighted by atomic mass is 10.2. The summed E-state index contributed by atoms with van der Waals surface area (Å²) in [6.45, 7) is 2.15. The zero-order chi connectivity index (χ0) is 23.8. The van der Waals surface area contributed by atoms with E-state index < -0.39 is 11.7 Å². The molecule has 1 aromatic heterocycles. The van der Waals surface area contributed by atoms with E-state index in [1.165, 1.54) is 12.1 Å². The summed E-state index contributed by atoms with van der Waals surface area (Å²) in [5, 5.41) is 3.33. The Bertz CT molecular complexity index is 1140. The van der Waals surface area contributed by atoms with Crippen molar-refractivity contribution in [2.45, 2.75) is 25.7 Å². The first-order chi connectivity index (χ1) is 16.5. The van der Waals surface area contributed by atoms with Crippen molar-refractivity contribution in [2.24, 2.45) is 0 Å². The van der Waals surface area contributed by atoms with Gasteiger partial charge in [0.1, 0.15) is 17.2 Å². The highest BCUT2D eigenvalue weighted by atomic mass is 19.4. The number of hydrogen-bond donors (Lipinski definition) is 1. The molecule has 0 saturated carbocycles. The minimum absolute atomic E-state index is 0.345. The monoisotopic (exact) mass is 467 g/mol. The zero-order valence-electron chi connectivity index (χ0n) is 18.3. The first kappa shape index (κ1) is 23.2. The Morgan fingerprint density at radius 3 is 2.09 bits per heavy atom. The average molecular weight is 467 g/mol. The van der Waals surface area contributed by atoms with Crippen LogP contribution in [0.3, 0.4) is 0 Å². The fourth-order valence-corrected chi connectivity index (χ4v) is 3.25. The van der Waals surface area contributed by atoms with Crippen LogP contribution in [0.5, 0.6) is 17.2 Å². The average Bonchev–Trinajstić information content (AvgIpc) is 3.36. The van der Waals surface area contributed by atoms with E-state index in [9.17, 15) is 13.2 Å². The summed E-state index contributed by atoms with van der Waals surface area (Å²) >= 11 is 0. The molecular weight excluding hydrogens is 443 g/mol. The van der Waals surface area contributed by atoms with Crippen molar-refractivity contribution >= 4 is 5.69 Å². The van der Waals surface area contributed by atoms with E-state index in [-0.39, 0.29) is 0 Å². The van der Waals surface area contributed by atoms with E-state index >= 15 is 0 Å². The van der Waals surface area contributed by atoms with Gasteiger partial charge in [-0.05, 0) is 72.6 Å². The largest absolute Gasteiger partial charge is 0.494 e. The minimum Gasteiger partial charge on any atom is -0.494 e. The number of rotatable bonds is 10. The topological polar surface area (TPSA) is 48.3 Å². The second-order valence-electron chi connectivity index (χ2n) is 7.65. The third-order valence-electron chi connectivity index (χ3n) is 5.08. The van der Waals surface area contributed by atoms with E-state index in [1.807, 2.05) is 47.2 Å². The first-order valence-corrected chi connectivity index (χ1v) is 10.8. The van der Waals surface area contributed by atoms with E-state index in [1.54, 1.807) is 24.7 Å². The molecule has 5 nitrogen and oxygen atoms in total. The van der Waals surface area contributed by atoms with Gasteiger partial charge in [-0.25, -0.2) is 4.98 Å². The summed E-state index contributed by atoms with van der Waals surface area (Å²) in [5.74, 6) is 1.72. The minimum atomic E-state index is -4.36. The second-order valence-corrected chi connectivity index (χ2v) is 7.65. The molecule has 4 rings (SSSR count). The Kier molecular flexibility index (Phi) is 7.37. The molecule has 8 heteroatoms. The van der Waals surface area contributed by atoms with Crippen molar-refractivity contribution < 1.29 is 22.6 Å². The van der Waals surface area contributed by atoms with Crippen LogP contribution in [0.25, 0.3) is 0 Å². The summed E-state index contributed by atoms with van der Waals surface area (Å²) in [5.41, 5.74) is 1.31. The number of anilines is 1. The SMILES string of the molecule is FC(F)(F)c1ccc(Oc2ccc(NCc3ccc(OCCCn4ccnc4)cc3)cc2)cc1. The Morgan fingerprint density at radius 1 is 0.824 bits per heavy atom. The van der Waals surface area contributed by atoms with Gasteiger partial charge >= 0.3 is 6.18 Å². The molecule has 0 aliphatic heterocycles. The van der Waals surface area contributed by atoms with Crippen LogP contribution < -0.4 is 14.8 Å². The summed E-state index contributed by atoms with van der Waals surface area (Å²) in [7, 11) is 0. The molecule has 176 valence electrons. The second kappa shape index (κ2) is 10.8. The van der Waals surface area contributed by atoms with Crippen molar-refractivity contribution in [3.63, 3.8) is 0 Å². The van der Waals surface area contributed by atoms with E-state index in [0.29, 0.717) is 24.7 Å². The fraction of sp³-hybridized carbons (Fsp3) is 0.192. The van der Waals surface area contributed by atoms with Crippen molar-refractivity contribution in [3.8, 4) is 17.2 Å². The molecule has 4 aromatic rings. The lowest BCUT2D eigenvalue weighted by molar-refractivity contribution is -0.137. The molecule has 0 aliphatic rings. The van der Waals surface area contributed by atoms with Crippen molar-refractivity contribution in [1.29, 1.82) is 0 Å². The number of hydrogen-bond acceptors (Lipinski definition) is 4. The number of imidazole rings is 1. The third kappa shape index (κ3) is 6.78. The zero-order valence-corrected chi connectivity index (χ0v) is 18.3. The van der Waals surface area contributed by atoms with Gasteiger partial charge in [0.25, 0.3) is 0 Å². The van der Waals surface area contributed by atoms with Gasteiger partial charge in [-0.15, -0.1) is 0 Å². The van der Waals surface area contributed by atoms with Gasteiger partial charge in [-0.1, -0.05) is 12.1 Å². The van der Waals surface area contributed by atoms with Crippen molar-refractivity contribution in [2.75, 3.05) is 11.9 Å². The maximum atomic E-state index is 12.7. The molecule has 34 heavy (non-hydrogen) atoms. The molecule has 0 spiro atoms. The van der Waals surface area contributed by atoms with Gasteiger partial charge in [0.2, 0.25) is 0 Å². The van der Waals surface area contributed by atoms with Crippen molar-refractivity contribution in [3.05, 3.63) is 103 Å². The normalized spacial score (nSPS) is 11.3. The highest BCUT2D eigenvalue weighted by molar-refractivity contribution is 5.48. The summed E-state index contributed by atoms with van der Waals surface area (Å²) in [4.78, 5) is 4.02. The van der Waals surface area contributed by atoms with Crippen LogP contribution in [0, 0.1) is 0 Å². The molecule has 0 aliphatic carbocycles. The number of nitrogens with zero attached hydrogens (tertiary/aromatic N) is 2. The number of aryl methyl sites for hydroxylation is 1. The molecule has 0 fully saturated rings. The summed E-state index contributed by atoms with van der Waals surface area (Å²) < 4.78 is 51.4. The fourth-order valence-electron chi connectivity index (χ4n) is 3.25. The highest BCUT2D eigenvalue weighted by Gasteiger charge is 2.30. The predicted molar refractivity (Wildman–Crippen MR) is 124 cm³/mol. The van der Waals surface area contributed by atoms with E-state index in [0.717, 1.165) is 42.1 Å². The molecule has 0 amide bonds. The molecule has 0 radical (unpaired) electrons. The molecule has 1 N–H and O–H groups in total. The lowest BCUT2D eigenvalue weighted by Gasteiger charge is -2.11. The number of halogens is 3. The first-order valence-electron chi connectivity index (χ1n) is 10.8. The Hall–Kier alpha value is -3.94. The molecule has 0 unspecified atom stereocenters. The van der Waals surface area contributed by atoms with Gasteiger partial charge in [-0.3, -0.25) is 0 Å².